The highest BCUT2D eigenvalue weighted by Crippen LogP contribution is 2.63. The zero-order chi connectivity index (χ0) is 24.1. The Hall–Kier alpha value is -0.820. The van der Waals surface area contributed by atoms with Crippen molar-refractivity contribution in [2.45, 2.75) is 103 Å². The van der Waals surface area contributed by atoms with Gasteiger partial charge in [-0.15, -0.1) is 0 Å². The lowest BCUT2D eigenvalue weighted by molar-refractivity contribution is -0.0865. The van der Waals surface area contributed by atoms with Gasteiger partial charge in [-0.1, -0.05) is 99.1 Å². The molecule has 0 saturated carbocycles. The number of hydrogen-bond acceptors (Lipinski definition) is 1. The summed E-state index contributed by atoms with van der Waals surface area (Å²) in [6, 6.07) is 0. The second-order valence-corrected chi connectivity index (χ2v) is 11.8. The van der Waals surface area contributed by atoms with Crippen LogP contribution in [0.4, 0.5) is 0 Å². The number of allylic oxidation sites excluding steroid dienone is 6. The van der Waals surface area contributed by atoms with E-state index in [1.165, 1.54) is 11.1 Å². The van der Waals surface area contributed by atoms with Crippen LogP contribution in [0.25, 0.3) is 0 Å². The van der Waals surface area contributed by atoms with Crippen molar-refractivity contribution in [2.24, 2.45) is 45.1 Å². The fraction of sp³-hybridized carbons (Fsp3) is 0.793. The molecule has 0 aromatic rings. The zero-order valence-electron chi connectivity index (χ0n) is 23.0. The van der Waals surface area contributed by atoms with Gasteiger partial charge in [0.1, 0.15) is 0 Å². The molecule has 0 amide bonds. The Morgan fingerprint density at radius 2 is 1.37 bits per heavy atom. The van der Waals surface area contributed by atoms with Gasteiger partial charge in [0.25, 0.3) is 0 Å². The quantitative estimate of drug-likeness (QED) is 0.264. The summed E-state index contributed by atoms with van der Waals surface area (Å²) in [6.07, 6.45) is 10.3. The fourth-order valence-corrected chi connectivity index (χ4v) is 6.30. The summed E-state index contributed by atoms with van der Waals surface area (Å²) in [4.78, 5) is 0. The molecule has 0 saturated heterocycles. The van der Waals surface area contributed by atoms with E-state index < -0.39 is 0 Å². The van der Waals surface area contributed by atoms with Gasteiger partial charge in [0.2, 0.25) is 0 Å². The molecule has 0 aliphatic rings. The summed E-state index contributed by atoms with van der Waals surface area (Å²) in [5, 5.41) is 0. The van der Waals surface area contributed by atoms with Crippen LogP contribution in [0, 0.1) is 39.4 Å². The monoisotopic (exact) mass is 417 g/mol. The van der Waals surface area contributed by atoms with Crippen LogP contribution in [0.5, 0.6) is 0 Å². The molecule has 0 aromatic heterocycles. The lowest BCUT2D eigenvalue weighted by atomic mass is 9.43. The summed E-state index contributed by atoms with van der Waals surface area (Å²) in [6.45, 7) is 33.9. The molecule has 0 radical (unpaired) electrons. The summed E-state index contributed by atoms with van der Waals surface area (Å²) in [5.74, 6) is 1.43. The first-order valence-electron chi connectivity index (χ1n) is 12.2. The number of nitrogens with two attached hydrogens (primary N) is 1. The van der Waals surface area contributed by atoms with Gasteiger partial charge in [-0.25, -0.2) is 0 Å². The second-order valence-electron chi connectivity index (χ2n) is 11.8. The predicted octanol–water partition coefficient (Wildman–Crippen LogP) is 8.82. The number of rotatable bonds is 11. The molecule has 3 atom stereocenters. The molecular formula is C29H55N. The lowest BCUT2D eigenvalue weighted by Gasteiger charge is -2.61. The van der Waals surface area contributed by atoms with Crippen LogP contribution >= 0.6 is 0 Å². The molecule has 0 heterocycles. The van der Waals surface area contributed by atoms with Gasteiger partial charge in [-0.05, 0) is 85.6 Å². The van der Waals surface area contributed by atoms with Gasteiger partial charge in [-0.3, -0.25) is 0 Å². The molecule has 176 valence electrons. The highest BCUT2D eigenvalue weighted by Gasteiger charge is 2.57. The molecule has 0 aliphatic heterocycles. The Labute approximate surface area is 190 Å². The molecule has 0 aliphatic carbocycles. The first-order valence-corrected chi connectivity index (χ1v) is 12.2. The predicted molar refractivity (Wildman–Crippen MR) is 139 cm³/mol. The van der Waals surface area contributed by atoms with Crippen LogP contribution < -0.4 is 5.73 Å². The molecule has 0 spiro atoms. The van der Waals surface area contributed by atoms with Gasteiger partial charge in [0, 0.05) is 0 Å². The van der Waals surface area contributed by atoms with E-state index in [4.69, 9.17) is 5.73 Å². The van der Waals surface area contributed by atoms with Crippen molar-refractivity contribution in [3.63, 3.8) is 0 Å². The normalized spacial score (nSPS) is 19.3. The van der Waals surface area contributed by atoms with Crippen LogP contribution in [0.1, 0.15) is 103 Å². The second kappa shape index (κ2) is 10.7. The topological polar surface area (TPSA) is 26.0 Å². The van der Waals surface area contributed by atoms with Crippen LogP contribution in [-0.2, 0) is 0 Å². The van der Waals surface area contributed by atoms with Crippen LogP contribution in [0.2, 0.25) is 0 Å². The first kappa shape index (κ1) is 29.2. The van der Waals surface area contributed by atoms with Gasteiger partial charge < -0.3 is 5.73 Å². The van der Waals surface area contributed by atoms with Crippen molar-refractivity contribution in [1.82, 2.24) is 0 Å². The van der Waals surface area contributed by atoms with Gasteiger partial charge in [-0.2, -0.15) is 0 Å². The van der Waals surface area contributed by atoms with Crippen molar-refractivity contribution in [2.75, 3.05) is 6.54 Å². The zero-order valence-corrected chi connectivity index (χ0v) is 23.0. The molecule has 1 nitrogen and oxygen atoms in total. The minimum atomic E-state index is -0.000257. The Balaban J connectivity index is 7.19. The first-order chi connectivity index (χ1) is 13.6. The standard InChI is InChI=1S/C29H55N/c1-15-19-23(17-3)25(26(8,9)20-30)29(14,18-4)28(12,13)24(22(7)16-2)27(10,11)21(5)6/h15-17,19,21,24-25H,18,20,30H2,1-14H3/b19-15-,22-16+,23-17+. The van der Waals surface area contributed by atoms with E-state index in [2.05, 4.69) is 121 Å². The van der Waals surface area contributed by atoms with Crippen molar-refractivity contribution in [3.8, 4) is 0 Å². The van der Waals surface area contributed by atoms with E-state index >= 15 is 0 Å². The smallest absolute Gasteiger partial charge is 0.00198 e. The van der Waals surface area contributed by atoms with Gasteiger partial charge in [0.15, 0.2) is 0 Å². The van der Waals surface area contributed by atoms with Gasteiger partial charge >= 0.3 is 0 Å². The number of hydrogen-bond donors (Lipinski definition) is 1. The third-order valence-electron chi connectivity index (χ3n) is 9.04. The molecule has 2 N–H and O–H groups in total. The Bertz CT molecular complexity index is 627. The molecular weight excluding hydrogens is 362 g/mol. The van der Waals surface area contributed by atoms with Crippen LogP contribution in [-0.4, -0.2) is 6.54 Å². The molecule has 0 aromatic carbocycles. The minimum absolute atomic E-state index is 0.000257. The van der Waals surface area contributed by atoms with E-state index in [1.807, 2.05) is 0 Å². The fourth-order valence-electron chi connectivity index (χ4n) is 6.30. The maximum Gasteiger partial charge on any atom is -0.00198 e. The third-order valence-corrected chi connectivity index (χ3v) is 9.04. The van der Waals surface area contributed by atoms with Gasteiger partial charge in [0.05, 0.1) is 0 Å². The largest absolute Gasteiger partial charge is 0.330 e. The molecule has 0 rings (SSSR count). The highest BCUT2D eigenvalue weighted by molar-refractivity contribution is 5.28. The average Bonchev–Trinajstić information content (AvgIpc) is 2.66. The minimum Gasteiger partial charge on any atom is -0.330 e. The molecule has 30 heavy (non-hydrogen) atoms. The van der Waals surface area contributed by atoms with E-state index in [9.17, 15) is 0 Å². The summed E-state index contributed by atoms with van der Waals surface area (Å²) in [5.41, 5.74) is 9.68. The van der Waals surface area contributed by atoms with E-state index in [0.717, 1.165) is 6.42 Å². The molecule has 3 unspecified atom stereocenters. The summed E-state index contributed by atoms with van der Waals surface area (Å²) < 4.78 is 0. The average molecular weight is 418 g/mol. The van der Waals surface area contributed by atoms with Crippen LogP contribution in [0.3, 0.4) is 0 Å². The van der Waals surface area contributed by atoms with E-state index in [-0.39, 0.29) is 21.7 Å². The molecule has 1 heteroatoms. The van der Waals surface area contributed by atoms with E-state index in [0.29, 0.717) is 24.3 Å². The Morgan fingerprint density at radius 1 is 0.867 bits per heavy atom. The van der Waals surface area contributed by atoms with Crippen LogP contribution in [0.15, 0.2) is 35.5 Å². The maximum absolute atomic E-state index is 6.42. The van der Waals surface area contributed by atoms with Crippen molar-refractivity contribution >= 4 is 0 Å². The molecule has 0 bridgehead atoms. The van der Waals surface area contributed by atoms with Crippen molar-refractivity contribution in [1.29, 1.82) is 0 Å². The Morgan fingerprint density at radius 3 is 1.67 bits per heavy atom. The SMILES string of the molecule is C/C=C\C(=C/C)C(C(C)(C)CN)C(C)(CC)C(C)(C)C(/C(C)=C/C)C(C)(C)C(C)C. The van der Waals surface area contributed by atoms with Crippen molar-refractivity contribution < 1.29 is 0 Å². The lowest BCUT2D eigenvalue weighted by Crippen LogP contribution is -2.55. The highest BCUT2D eigenvalue weighted by atomic mass is 14.7. The third kappa shape index (κ3) is 5.32. The molecule has 0 fully saturated rings. The summed E-state index contributed by atoms with van der Waals surface area (Å²) >= 11 is 0. The maximum atomic E-state index is 6.42. The van der Waals surface area contributed by atoms with Crippen molar-refractivity contribution in [3.05, 3.63) is 35.5 Å². The Kier molecular flexibility index (Phi) is 10.4. The van der Waals surface area contributed by atoms with E-state index in [1.54, 1.807) is 0 Å². The summed E-state index contributed by atoms with van der Waals surface area (Å²) in [7, 11) is 0.